The molecule has 41 heavy (non-hydrogen) atoms. The number of aryl methyl sites for hydroxylation is 2. The maximum absolute atomic E-state index is 13.5. The molecule has 3 N–H and O–H groups in total. The second kappa shape index (κ2) is 14.3. The fraction of sp³-hybridized carbons (Fsp3) is 0.265. The molecule has 0 fully saturated rings. The van der Waals surface area contributed by atoms with E-state index in [1.807, 2.05) is 80.6 Å². The zero-order valence-corrected chi connectivity index (χ0v) is 23.9. The van der Waals surface area contributed by atoms with E-state index in [-0.39, 0.29) is 11.8 Å². The van der Waals surface area contributed by atoms with Crippen LogP contribution in [0.15, 0.2) is 97.2 Å². The van der Waals surface area contributed by atoms with Gasteiger partial charge in [0.25, 0.3) is 11.8 Å². The molecule has 212 valence electrons. The molecule has 0 saturated carbocycles. The van der Waals surface area contributed by atoms with Gasteiger partial charge in [-0.3, -0.25) is 14.6 Å². The molecular formula is C34H38N4O3. The van der Waals surface area contributed by atoms with Crippen molar-refractivity contribution in [1.82, 2.24) is 20.5 Å². The van der Waals surface area contributed by atoms with Gasteiger partial charge in [-0.1, -0.05) is 66.2 Å². The number of aliphatic hydroxyl groups excluding tert-OH is 1. The quantitative estimate of drug-likeness (QED) is 0.242. The topological polar surface area (TPSA) is 94.6 Å². The van der Waals surface area contributed by atoms with Gasteiger partial charge in [-0.15, -0.1) is 0 Å². The summed E-state index contributed by atoms with van der Waals surface area (Å²) in [7, 11) is 1.72. The number of carbonyl (C=O) groups excluding carboxylic acids is 2. The predicted molar refractivity (Wildman–Crippen MR) is 162 cm³/mol. The van der Waals surface area contributed by atoms with Crippen LogP contribution in [0.4, 0.5) is 0 Å². The van der Waals surface area contributed by atoms with Gasteiger partial charge < -0.3 is 20.6 Å². The highest BCUT2D eigenvalue weighted by Crippen LogP contribution is 2.15. The molecule has 0 radical (unpaired) electrons. The number of nitrogens with one attached hydrogen (secondary N) is 2. The molecule has 1 heterocycles. The number of hydrogen-bond acceptors (Lipinski definition) is 5. The number of hydrogen-bond donors (Lipinski definition) is 3. The first-order chi connectivity index (χ1) is 19.8. The summed E-state index contributed by atoms with van der Waals surface area (Å²) in [6.07, 6.45) is 1.32. The highest BCUT2D eigenvalue weighted by Gasteiger charge is 2.23. The van der Waals surface area contributed by atoms with E-state index >= 15 is 0 Å². The van der Waals surface area contributed by atoms with Gasteiger partial charge in [-0.2, -0.15) is 0 Å². The number of rotatable bonds is 12. The maximum atomic E-state index is 13.5. The van der Waals surface area contributed by atoms with E-state index in [4.69, 9.17) is 0 Å². The zero-order valence-electron chi connectivity index (χ0n) is 23.9. The van der Waals surface area contributed by atoms with Crippen molar-refractivity contribution in [2.45, 2.75) is 45.5 Å². The van der Waals surface area contributed by atoms with Crippen LogP contribution in [-0.4, -0.2) is 52.5 Å². The normalized spacial score (nSPS) is 12.4. The van der Waals surface area contributed by atoms with Crippen LogP contribution in [0.25, 0.3) is 0 Å². The Morgan fingerprint density at radius 2 is 1.59 bits per heavy atom. The van der Waals surface area contributed by atoms with Crippen LogP contribution < -0.4 is 10.6 Å². The lowest BCUT2D eigenvalue weighted by Gasteiger charge is -2.25. The third-order valence-electron chi connectivity index (χ3n) is 6.90. The van der Waals surface area contributed by atoms with Crippen LogP contribution in [0.3, 0.4) is 0 Å². The average Bonchev–Trinajstić information content (AvgIpc) is 2.97. The van der Waals surface area contributed by atoms with Crippen LogP contribution >= 0.6 is 0 Å². The molecule has 2 amide bonds. The third kappa shape index (κ3) is 8.83. The molecule has 3 aromatic carbocycles. The van der Waals surface area contributed by atoms with Gasteiger partial charge in [-0.25, -0.2) is 0 Å². The molecule has 7 heteroatoms. The summed E-state index contributed by atoms with van der Waals surface area (Å²) in [5.41, 5.74) is 5.69. The van der Waals surface area contributed by atoms with Crippen molar-refractivity contribution in [3.05, 3.63) is 136 Å². The van der Waals surface area contributed by atoms with Crippen molar-refractivity contribution in [2.75, 3.05) is 13.6 Å². The summed E-state index contributed by atoms with van der Waals surface area (Å²) in [6, 6.07) is 28.2. The first-order valence-corrected chi connectivity index (χ1v) is 13.8. The second-order valence-electron chi connectivity index (χ2n) is 10.5. The molecule has 4 rings (SSSR count). The maximum Gasteiger partial charge on any atom is 0.253 e. The van der Waals surface area contributed by atoms with Gasteiger partial charge in [0.1, 0.15) is 0 Å². The largest absolute Gasteiger partial charge is 0.390 e. The number of aromatic nitrogens is 1. The molecule has 0 spiro atoms. The lowest BCUT2D eigenvalue weighted by Crippen LogP contribution is -2.48. The Morgan fingerprint density at radius 1 is 0.854 bits per heavy atom. The number of amides is 2. The Balaban J connectivity index is 1.46. The van der Waals surface area contributed by atoms with Crippen LogP contribution in [0, 0.1) is 13.8 Å². The minimum absolute atomic E-state index is 0.199. The number of pyridine rings is 1. The average molecular weight is 551 g/mol. The summed E-state index contributed by atoms with van der Waals surface area (Å²) in [4.78, 5) is 32.6. The molecule has 0 unspecified atom stereocenters. The molecule has 4 aromatic rings. The minimum Gasteiger partial charge on any atom is -0.390 e. The standard InChI is InChI=1S/C34H38N4O3/c1-24-10-9-13-27(16-24)21-35-22-32(39)31(19-26-11-5-4-6-12-26)37-33(40)28-17-25(2)18-29(20-28)34(41)38(3)23-30-14-7-8-15-36-30/h4-18,20,31-32,35,39H,19,21-23H2,1-3H3,(H,37,40)/t31-,32+/m0/s1. The van der Waals surface area contributed by atoms with Crippen LogP contribution in [0.2, 0.25) is 0 Å². The van der Waals surface area contributed by atoms with E-state index in [2.05, 4.69) is 21.7 Å². The zero-order chi connectivity index (χ0) is 29.2. The van der Waals surface area contributed by atoms with Crippen LogP contribution in [0.1, 0.15) is 48.7 Å². The molecule has 1 aromatic heterocycles. The Bertz CT molecular complexity index is 1440. The lowest BCUT2D eigenvalue weighted by atomic mass is 9.99. The van der Waals surface area contributed by atoms with Crippen molar-refractivity contribution < 1.29 is 14.7 Å². The van der Waals surface area contributed by atoms with Crippen molar-refractivity contribution in [3.63, 3.8) is 0 Å². The second-order valence-corrected chi connectivity index (χ2v) is 10.5. The Kier molecular flexibility index (Phi) is 10.4. The molecule has 2 atom stereocenters. The smallest absolute Gasteiger partial charge is 0.253 e. The molecule has 7 nitrogen and oxygen atoms in total. The summed E-state index contributed by atoms with van der Waals surface area (Å²) in [6.45, 7) is 5.18. The first kappa shape index (κ1) is 29.6. The van der Waals surface area contributed by atoms with E-state index in [0.29, 0.717) is 37.2 Å². The summed E-state index contributed by atoms with van der Waals surface area (Å²) in [5.74, 6) is -0.539. The lowest BCUT2D eigenvalue weighted by molar-refractivity contribution is 0.0783. The minimum atomic E-state index is -0.834. The molecule has 0 aliphatic heterocycles. The number of carbonyl (C=O) groups is 2. The van der Waals surface area contributed by atoms with Gasteiger partial charge in [-0.05, 0) is 67.3 Å². The number of nitrogens with zero attached hydrogens (tertiary/aromatic N) is 2. The van der Waals surface area contributed by atoms with Gasteiger partial charge >= 0.3 is 0 Å². The summed E-state index contributed by atoms with van der Waals surface area (Å²) < 4.78 is 0. The molecule has 0 aliphatic rings. The van der Waals surface area contributed by atoms with Crippen molar-refractivity contribution in [3.8, 4) is 0 Å². The monoisotopic (exact) mass is 550 g/mol. The van der Waals surface area contributed by atoms with Crippen molar-refractivity contribution in [2.24, 2.45) is 0 Å². The van der Waals surface area contributed by atoms with Gasteiger partial charge in [0.05, 0.1) is 24.4 Å². The summed E-state index contributed by atoms with van der Waals surface area (Å²) >= 11 is 0. The van der Waals surface area contributed by atoms with E-state index in [1.54, 1.807) is 36.3 Å². The van der Waals surface area contributed by atoms with E-state index < -0.39 is 12.1 Å². The summed E-state index contributed by atoms with van der Waals surface area (Å²) in [5, 5.41) is 17.5. The SMILES string of the molecule is Cc1cccc(CNC[C@@H](O)[C@H](Cc2ccccc2)NC(=O)c2cc(C)cc(C(=O)N(C)Cc3ccccn3)c2)c1. The van der Waals surface area contributed by atoms with E-state index in [1.165, 1.54) is 5.56 Å². The highest BCUT2D eigenvalue weighted by molar-refractivity contribution is 6.00. The molecular weight excluding hydrogens is 512 g/mol. The Morgan fingerprint density at radius 3 is 2.32 bits per heavy atom. The van der Waals surface area contributed by atoms with Crippen LogP contribution in [-0.2, 0) is 19.5 Å². The van der Waals surface area contributed by atoms with Gasteiger partial charge in [0, 0.05) is 37.5 Å². The Hall–Kier alpha value is -4.33. The third-order valence-corrected chi connectivity index (χ3v) is 6.90. The molecule has 0 bridgehead atoms. The first-order valence-electron chi connectivity index (χ1n) is 13.8. The Labute approximate surface area is 242 Å². The van der Waals surface area contributed by atoms with E-state index in [0.717, 1.165) is 22.4 Å². The molecule has 0 aliphatic carbocycles. The van der Waals surface area contributed by atoms with Gasteiger partial charge in [0.2, 0.25) is 0 Å². The highest BCUT2D eigenvalue weighted by atomic mass is 16.3. The van der Waals surface area contributed by atoms with Crippen molar-refractivity contribution in [1.29, 1.82) is 0 Å². The number of aliphatic hydroxyl groups is 1. The van der Waals surface area contributed by atoms with Crippen molar-refractivity contribution >= 4 is 11.8 Å². The van der Waals surface area contributed by atoms with E-state index in [9.17, 15) is 14.7 Å². The fourth-order valence-electron chi connectivity index (χ4n) is 4.80. The fourth-order valence-corrected chi connectivity index (χ4v) is 4.80. The van der Waals surface area contributed by atoms with Gasteiger partial charge in [0.15, 0.2) is 0 Å². The molecule has 0 saturated heterocycles. The van der Waals surface area contributed by atoms with Crippen LogP contribution in [0.5, 0.6) is 0 Å². The predicted octanol–water partition coefficient (Wildman–Crippen LogP) is 4.46. The number of benzene rings is 3.